The molecule has 29 heavy (non-hydrogen) atoms. The number of benzene rings is 2. The van der Waals surface area contributed by atoms with E-state index in [-0.39, 0.29) is 18.0 Å². The first kappa shape index (κ1) is 19.5. The number of likely N-dealkylation sites (tertiary alicyclic amines) is 2. The van der Waals surface area contributed by atoms with E-state index >= 15 is 0 Å². The molecule has 2 saturated heterocycles. The maximum atomic E-state index is 12.7. The van der Waals surface area contributed by atoms with Crippen LogP contribution in [0.25, 0.3) is 11.1 Å². The van der Waals surface area contributed by atoms with E-state index in [2.05, 4.69) is 22.8 Å². The summed E-state index contributed by atoms with van der Waals surface area (Å²) in [6, 6.07) is 18.2. The van der Waals surface area contributed by atoms with E-state index in [9.17, 15) is 9.59 Å². The molecular formula is C23H28N4O2. The quantitative estimate of drug-likeness (QED) is 0.841. The molecule has 152 valence electrons. The average molecular weight is 393 g/mol. The molecule has 0 aromatic heterocycles. The summed E-state index contributed by atoms with van der Waals surface area (Å²) >= 11 is 0. The standard InChI is InChI=1S/C23H28N4O2/c1-24-20-11-13-26(15-20)23(29)27-14-12-21(16-27)25-22(28)19-9-7-18(8-10-19)17-5-3-2-4-6-17/h2-10,20-21,24H,11-16H2,1H3,(H,25,28)/t20?,21-/m0/s1. The van der Waals surface area contributed by atoms with Gasteiger partial charge >= 0.3 is 6.03 Å². The van der Waals surface area contributed by atoms with Gasteiger partial charge in [0.25, 0.3) is 5.91 Å². The Morgan fingerprint density at radius 2 is 1.41 bits per heavy atom. The largest absolute Gasteiger partial charge is 0.347 e. The van der Waals surface area contributed by atoms with Gasteiger partial charge in [0.15, 0.2) is 0 Å². The van der Waals surface area contributed by atoms with E-state index in [1.807, 2.05) is 59.3 Å². The van der Waals surface area contributed by atoms with Crippen molar-refractivity contribution in [3.8, 4) is 11.1 Å². The number of rotatable bonds is 4. The van der Waals surface area contributed by atoms with Gasteiger partial charge in [-0.1, -0.05) is 42.5 Å². The summed E-state index contributed by atoms with van der Waals surface area (Å²) in [5.74, 6) is -0.0830. The summed E-state index contributed by atoms with van der Waals surface area (Å²) in [7, 11) is 1.94. The number of amides is 3. The molecule has 2 heterocycles. The highest BCUT2D eigenvalue weighted by Crippen LogP contribution is 2.20. The smallest absolute Gasteiger partial charge is 0.320 e. The van der Waals surface area contributed by atoms with Gasteiger partial charge in [-0.15, -0.1) is 0 Å². The van der Waals surface area contributed by atoms with Crippen LogP contribution in [0.1, 0.15) is 23.2 Å². The van der Waals surface area contributed by atoms with Gasteiger partial charge < -0.3 is 20.4 Å². The predicted octanol–water partition coefficient (Wildman–Crippen LogP) is 2.57. The van der Waals surface area contributed by atoms with E-state index in [4.69, 9.17) is 0 Å². The van der Waals surface area contributed by atoms with Crippen LogP contribution in [0.3, 0.4) is 0 Å². The molecule has 2 fully saturated rings. The molecule has 0 aliphatic carbocycles. The van der Waals surface area contributed by atoms with Crippen LogP contribution in [0.4, 0.5) is 4.79 Å². The zero-order valence-electron chi connectivity index (χ0n) is 16.8. The van der Waals surface area contributed by atoms with Crippen molar-refractivity contribution in [2.24, 2.45) is 0 Å². The minimum atomic E-state index is -0.0830. The Morgan fingerprint density at radius 1 is 0.828 bits per heavy atom. The predicted molar refractivity (Wildman–Crippen MR) is 114 cm³/mol. The van der Waals surface area contributed by atoms with E-state index in [1.165, 1.54) is 0 Å². The Morgan fingerprint density at radius 3 is 2.03 bits per heavy atom. The zero-order valence-corrected chi connectivity index (χ0v) is 16.8. The fourth-order valence-corrected chi connectivity index (χ4v) is 4.13. The van der Waals surface area contributed by atoms with Gasteiger partial charge in [-0.2, -0.15) is 0 Å². The fraction of sp³-hybridized carbons (Fsp3) is 0.391. The first-order valence-electron chi connectivity index (χ1n) is 10.3. The van der Waals surface area contributed by atoms with Crippen molar-refractivity contribution in [1.82, 2.24) is 20.4 Å². The Balaban J connectivity index is 1.31. The van der Waals surface area contributed by atoms with Crippen LogP contribution < -0.4 is 10.6 Å². The van der Waals surface area contributed by atoms with Crippen molar-refractivity contribution in [1.29, 1.82) is 0 Å². The molecule has 6 nitrogen and oxygen atoms in total. The van der Waals surface area contributed by atoms with Gasteiger partial charge in [0.1, 0.15) is 0 Å². The van der Waals surface area contributed by atoms with Crippen LogP contribution in [0.5, 0.6) is 0 Å². The van der Waals surface area contributed by atoms with Crippen molar-refractivity contribution < 1.29 is 9.59 Å². The lowest BCUT2D eigenvalue weighted by Crippen LogP contribution is -2.44. The number of carbonyl (C=O) groups excluding carboxylic acids is 2. The Bertz CT molecular complexity index is 853. The topological polar surface area (TPSA) is 64.7 Å². The van der Waals surface area contributed by atoms with Crippen molar-refractivity contribution >= 4 is 11.9 Å². The van der Waals surface area contributed by atoms with Crippen LogP contribution >= 0.6 is 0 Å². The molecular weight excluding hydrogens is 364 g/mol. The minimum Gasteiger partial charge on any atom is -0.347 e. The van der Waals surface area contributed by atoms with Gasteiger partial charge in [0.05, 0.1) is 0 Å². The van der Waals surface area contributed by atoms with Crippen molar-refractivity contribution in [2.45, 2.75) is 24.9 Å². The highest BCUT2D eigenvalue weighted by molar-refractivity contribution is 5.95. The lowest BCUT2D eigenvalue weighted by molar-refractivity contribution is 0.0937. The molecule has 2 aliphatic rings. The number of carbonyl (C=O) groups is 2. The van der Waals surface area contributed by atoms with Crippen molar-refractivity contribution in [3.63, 3.8) is 0 Å². The third-order valence-electron chi connectivity index (χ3n) is 5.92. The fourth-order valence-electron chi connectivity index (χ4n) is 4.13. The minimum absolute atomic E-state index is 0.00273. The maximum absolute atomic E-state index is 12.7. The second-order valence-electron chi connectivity index (χ2n) is 7.85. The number of likely N-dealkylation sites (N-methyl/N-ethyl adjacent to an activating group) is 1. The molecule has 2 aromatic rings. The van der Waals surface area contributed by atoms with Gasteiger partial charge in [-0.05, 0) is 43.1 Å². The lowest BCUT2D eigenvalue weighted by atomic mass is 10.0. The molecule has 0 radical (unpaired) electrons. The first-order valence-corrected chi connectivity index (χ1v) is 10.3. The summed E-state index contributed by atoms with van der Waals surface area (Å²) in [5.41, 5.74) is 2.86. The molecule has 6 heteroatoms. The van der Waals surface area contributed by atoms with Crippen LogP contribution in [0.2, 0.25) is 0 Å². The zero-order chi connectivity index (χ0) is 20.2. The third-order valence-corrected chi connectivity index (χ3v) is 5.92. The molecule has 2 N–H and O–H groups in total. The molecule has 2 aliphatic heterocycles. The normalized spacial score (nSPS) is 21.4. The van der Waals surface area contributed by atoms with Crippen LogP contribution in [0, 0.1) is 0 Å². The summed E-state index contributed by atoms with van der Waals surface area (Å²) < 4.78 is 0. The summed E-state index contributed by atoms with van der Waals surface area (Å²) in [5, 5.41) is 6.32. The number of nitrogens with one attached hydrogen (secondary N) is 2. The molecule has 2 aromatic carbocycles. The van der Waals surface area contributed by atoms with Gasteiger partial charge in [0, 0.05) is 43.8 Å². The monoisotopic (exact) mass is 392 g/mol. The van der Waals surface area contributed by atoms with Crippen LogP contribution in [0.15, 0.2) is 54.6 Å². The van der Waals surface area contributed by atoms with E-state index in [1.54, 1.807) is 0 Å². The molecule has 1 unspecified atom stereocenters. The number of nitrogens with zero attached hydrogens (tertiary/aromatic N) is 2. The Labute approximate surface area is 171 Å². The Hall–Kier alpha value is -2.86. The van der Waals surface area contributed by atoms with E-state index in [0.717, 1.165) is 37.1 Å². The average Bonchev–Trinajstić information content (AvgIpc) is 3.44. The summed E-state index contributed by atoms with van der Waals surface area (Å²) in [6.07, 6.45) is 1.79. The summed E-state index contributed by atoms with van der Waals surface area (Å²) in [6.45, 7) is 2.83. The lowest BCUT2D eigenvalue weighted by Gasteiger charge is -2.24. The molecule has 0 saturated carbocycles. The maximum Gasteiger partial charge on any atom is 0.320 e. The van der Waals surface area contributed by atoms with Gasteiger partial charge in [-0.3, -0.25) is 4.79 Å². The second-order valence-corrected chi connectivity index (χ2v) is 7.85. The molecule has 3 amide bonds. The second kappa shape index (κ2) is 8.66. The SMILES string of the molecule is CNC1CCN(C(=O)N2CC[C@H](NC(=O)c3ccc(-c4ccccc4)cc3)C2)C1. The molecule has 0 spiro atoms. The van der Waals surface area contributed by atoms with Gasteiger partial charge in [-0.25, -0.2) is 4.79 Å². The summed E-state index contributed by atoms with van der Waals surface area (Å²) in [4.78, 5) is 29.1. The number of hydrogen-bond acceptors (Lipinski definition) is 3. The highest BCUT2D eigenvalue weighted by atomic mass is 16.2. The number of urea groups is 1. The van der Waals surface area contributed by atoms with Crippen molar-refractivity contribution in [2.75, 3.05) is 33.2 Å². The first-order chi connectivity index (χ1) is 14.1. The van der Waals surface area contributed by atoms with E-state index < -0.39 is 0 Å². The highest BCUT2D eigenvalue weighted by Gasteiger charge is 2.33. The molecule has 4 rings (SSSR count). The van der Waals surface area contributed by atoms with Crippen LogP contribution in [-0.2, 0) is 0 Å². The Kier molecular flexibility index (Phi) is 5.81. The van der Waals surface area contributed by atoms with Crippen molar-refractivity contribution in [3.05, 3.63) is 60.2 Å². The molecule has 0 bridgehead atoms. The van der Waals surface area contributed by atoms with Gasteiger partial charge in [0.2, 0.25) is 0 Å². The third kappa shape index (κ3) is 4.43. The number of hydrogen-bond donors (Lipinski definition) is 2. The molecule has 2 atom stereocenters. The van der Waals surface area contributed by atoms with E-state index in [0.29, 0.717) is 24.7 Å². The van der Waals surface area contributed by atoms with Crippen LogP contribution in [-0.4, -0.2) is 67.0 Å².